The molecule has 0 radical (unpaired) electrons. The van der Waals surface area contributed by atoms with Crippen LogP contribution in [0.15, 0.2) is 48.5 Å². The van der Waals surface area contributed by atoms with Crippen LogP contribution in [-0.2, 0) is 22.6 Å². The van der Waals surface area contributed by atoms with Gasteiger partial charge in [-0.2, -0.15) is 0 Å². The molecule has 0 saturated carbocycles. The maximum atomic E-state index is 13.2. The van der Waals surface area contributed by atoms with Gasteiger partial charge in [-0.05, 0) is 55.7 Å². The first-order valence-corrected chi connectivity index (χ1v) is 9.76. The van der Waals surface area contributed by atoms with Crippen LogP contribution in [-0.4, -0.2) is 28.8 Å². The fraction of sp³-hybridized carbons (Fsp3) is 0.364. The molecule has 0 bridgehead atoms. The Morgan fingerprint density at radius 1 is 1.11 bits per heavy atom. The van der Waals surface area contributed by atoms with Crippen LogP contribution in [0.2, 0.25) is 5.02 Å². The summed E-state index contributed by atoms with van der Waals surface area (Å²) in [6, 6.07) is 12.4. The van der Waals surface area contributed by atoms with Gasteiger partial charge in [-0.3, -0.25) is 9.59 Å². The number of rotatable bonds is 8. The lowest BCUT2D eigenvalue weighted by Gasteiger charge is -2.30. The summed E-state index contributed by atoms with van der Waals surface area (Å²) in [6.07, 6.45) is 0.926. The molecule has 0 spiro atoms. The van der Waals surface area contributed by atoms with Gasteiger partial charge in [0.1, 0.15) is 11.9 Å². The third kappa shape index (κ3) is 6.34. The van der Waals surface area contributed by atoms with Crippen molar-refractivity contribution in [2.45, 2.75) is 52.2 Å². The van der Waals surface area contributed by atoms with E-state index in [0.717, 1.165) is 17.5 Å². The number of carbonyl (C=O) groups excluding carboxylic acids is 2. The van der Waals surface area contributed by atoms with Gasteiger partial charge in [0.25, 0.3) is 0 Å². The second-order valence-electron chi connectivity index (χ2n) is 6.95. The molecule has 0 unspecified atom stereocenters. The Morgan fingerprint density at radius 3 is 2.39 bits per heavy atom. The van der Waals surface area contributed by atoms with Crippen LogP contribution in [0.5, 0.6) is 0 Å². The lowest BCUT2D eigenvalue weighted by Crippen LogP contribution is -2.49. The van der Waals surface area contributed by atoms with E-state index in [4.69, 9.17) is 11.6 Å². The molecule has 0 aliphatic carbocycles. The highest BCUT2D eigenvalue weighted by Gasteiger charge is 2.26. The van der Waals surface area contributed by atoms with Crippen molar-refractivity contribution >= 4 is 23.4 Å². The molecule has 2 rings (SSSR count). The summed E-state index contributed by atoms with van der Waals surface area (Å²) in [4.78, 5) is 27.2. The molecule has 0 saturated heterocycles. The highest BCUT2D eigenvalue weighted by Crippen LogP contribution is 2.16. The summed E-state index contributed by atoms with van der Waals surface area (Å²) in [5.74, 6) is -0.752. The minimum Gasteiger partial charge on any atom is -0.352 e. The quantitative estimate of drug-likeness (QED) is 0.710. The summed E-state index contributed by atoms with van der Waals surface area (Å²) in [5, 5.41) is 3.47. The van der Waals surface area contributed by atoms with Gasteiger partial charge < -0.3 is 10.2 Å². The van der Waals surface area contributed by atoms with Crippen LogP contribution in [0.3, 0.4) is 0 Å². The Kier molecular flexibility index (Phi) is 8.00. The van der Waals surface area contributed by atoms with E-state index in [1.165, 1.54) is 17.0 Å². The maximum absolute atomic E-state index is 13.2. The predicted octanol–water partition coefficient (Wildman–Crippen LogP) is 4.35. The van der Waals surface area contributed by atoms with Gasteiger partial charge >= 0.3 is 0 Å². The molecule has 0 aliphatic rings. The third-order valence-corrected chi connectivity index (χ3v) is 4.91. The summed E-state index contributed by atoms with van der Waals surface area (Å²) < 4.78 is 13.2. The normalized spacial score (nSPS) is 12.9. The second-order valence-corrected chi connectivity index (χ2v) is 7.39. The second kappa shape index (κ2) is 10.2. The molecule has 0 heterocycles. The van der Waals surface area contributed by atoms with E-state index in [2.05, 4.69) is 5.32 Å². The number of halogens is 2. The number of carbonyl (C=O) groups is 2. The monoisotopic (exact) mass is 404 g/mol. The molecule has 0 aliphatic heterocycles. The van der Waals surface area contributed by atoms with Gasteiger partial charge in [0.2, 0.25) is 11.8 Å². The van der Waals surface area contributed by atoms with Crippen molar-refractivity contribution in [1.29, 1.82) is 0 Å². The van der Waals surface area contributed by atoms with Crippen LogP contribution >= 0.6 is 11.6 Å². The number of nitrogens with zero attached hydrogens (tertiary/aromatic N) is 1. The number of amides is 2. The zero-order valence-corrected chi connectivity index (χ0v) is 17.2. The van der Waals surface area contributed by atoms with Gasteiger partial charge in [0.15, 0.2) is 0 Å². The smallest absolute Gasteiger partial charge is 0.242 e. The van der Waals surface area contributed by atoms with Crippen molar-refractivity contribution < 1.29 is 14.0 Å². The Labute approximate surface area is 170 Å². The number of benzene rings is 2. The summed E-state index contributed by atoms with van der Waals surface area (Å²) in [6.45, 7) is 5.82. The van der Waals surface area contributed by atoms with E-state index in [1.54, 1.807) is 37.3 Å². The van der Waals surface area contributed by atoms with E-state index in [9.17, 15) is 14.0 Å². The Bertz CT molecular complexity index is 810. The van der Waals surface area contributed by atoms with Crippen LogP contribution in [0, 0.1) is 5.82 Å². The summed E-state index contributed by atoms with van der Waals surface area (Å²) in [5.41, 5.74) is 1.53. The SMILES string of the molecule is CC[C@@H](C)NC(=O)[C@@H](C)N(Cc1ccc(F)cc1)C(=O)Cc1cccc(Cl)c1. The molecule has 150 valence electrons. The molecular weight excluding hydrogens is 379 g/mol. The zero-order chi connectivity index (χ0) is 20.7. The lowest BCUT2D eigenvalue weighted by atomic mass is 10.1. The molecule has 0 aromatic heterocycles. The van der Waals surface area contributed by atoms with Crippen LogP contribution in [0.1, 0.15) is 38.3 Å². The molecule has 2 aromatic rings. The molecular formula is C22H26ClFN2O2. The van der Waals surface area contributed by atoms with Crippen LogP contribution in [0.4, 0.5) is 4.39 Å². The van der Waals surface area contributed by atoms with Crippen molar-refractivity contribution in [2.24, 2.45) is 0 Å². The molecule has 28 heavy (non-hydrogen) atoms. The number of hydrogen-bond acceptors (Lipinski definition) is 2. The van der Waals surface area contributed by atoms with Gasteiger partial charge in [-0.1, -0.05) is 42.8 Å². The van der Waals surface area contributed by atoms with Crippen molar-refractivity contribution in [3.05, 3.63) is 70.5 Å². The first kappa shape index (κ1) is 21.9. The average molecular weight is 405 g/mol. The highest BCUT2D eigenvalue weighted by molar-refractivity contribution is 6.30. The van der Waals surface area contributed by atoms with E-state index < -0.39 is 6.04 Å². The third-order valence-electron chi connectivity index (χ3n) is 4.68. The molecule has 0 fully saturated rings. The number of hydrogen-bond donors (Lipinski definition) is 1. The van der Waals surface area contributed by atoms with Crippen molar-refractivity contribution in [3.8, 4) is 0 Å². The van der Waals surface area contributed by atoms with E-state index >= 15 is 0 Å². The topological polar surface area (TPSA) is 49.4 Å². The van der Waals surface area contributed by atoms with Gasteiger partial charge in [-0.25, -0.2) is 4.39 Å². The molecule has 1 N–H and O–H groups in total. The molecule has 2 amide bonds. The number of nitrogens with one attached hydrogen (secondary N) is 1. The molecule has 2 aromatic carbocycles. The lowest BCUT2D eigenvalue weighted by molar-refractivity contribution is -0.140. The van der Waals surface area contributed by atoms with Crippen LogP contribution in [0.25, 0.3) is 0 Å². The standard InChI is InChI=1S/C22H26ClFN2O2/c1-4-15(2)25-22(28)16(3)26(14-17-8-10-20(24)11-9-17)21(27)13-18-6-5-7-19(23)12-18/h5-12,15-16H,4,13-14H2,1-3H3,(H,25,28)/t15-,16-/m1/s1. The Morgan fingerprint density at radius 2 is 1.79 bits per heavy atom. The van der Waals surface area contributed by atoms with Crippen molar-refractivity contribution in [3.63, 3.8) is 0 Å². The summed E-state index contributed by atoms with van der Waals surface area (Å²) in [7, 11) is 0. The Balaban J connectivity index is 2.22. The molecule has 4 nitrogen and oxygen atoms in total. The van der Waals surface area contributed by atoms with E-state index in [0.29, 0.717) is 5.02 Å². The average Bonchev–Trinajstić information content (AvgIpc) is 2.66. The molecule has 6 heteroatoms. The van der Waals surface area contributed by atoms with E-state index in [-0.39, 0.29) is 36.6 Å². The van der Waals surface area contributed by atoms with Gasteiger partial charge in [0.05, 0.1) is 6.42 Å². The summed E-state index contributed by atoms with van der Waals surface area (Å²) >= 11 is 6.01. The van der Waals surface area contributed by atoms with Gasteiger partial charge in [0, 0.05) is 17.6 Å². The fourth-order valence-corrected chi connectivity index (χ4v) is 2.97. The minimum absolute atomic E-state index is 0.0191. The molecule has 2 atom stereocenters. The largest absolute Gasteiger partial charge is 0.352 e. The zero-order valence-electron chi connectivity index (χ0n) is 16.4. The maximum Gasteiger partial charge on any atom is 0.242 e. The van der Waals surface area contributed by atoms with Crippen molar-refractivity contribution in [1.82, 2.24) is 10.2 Å². The van der Waals surface area contributed by atoms with Gasteiger partial charge in [-0.15, -0.1) is 0 Å². The minimum atomic E-state index is -0.661. The highest BCUT2D eigenvalue weighted by atomic mass is 35.5. The Hall–Kier alpha value is -2.40. The van der Waals surface area contributed by atoms with E-state index in [1.807, 2.05) is 19.9 Å². The fourth-order valence-electron chi connectivity index (χ4n) is 2.76. The predicted molar refractivity (Wildman–Crippen MR) is 109 cm³/mol. The van der Waals surface area contributed by atoms with Crippen LogP contribution < -0.4 is 5.32 Å². The first-order chi connectivity index (χ1) is 13.3. The van der Waals surface area contributed by atoms with Crippen molar-refractivity contribution in [2.75, 3.05) is 0 Å². The first-order valence-electron chi connectivity index (χ1n) is 9.39.